The zero-order chi connectivity index (χ0) is 23.8. The van der Waals surface area contributed by atoms with Crippen LogP contribution in [0.3, 0.4) is 0 Å². The summed E-state index contributed by atoms with van der Waals surface area (Å²) in [6.45, 7) is 4.56. The molecule has 11 heteroatoms. The first-order valence-electron chi connectivity index (χ1n) is 10.00. The zero-order valence-electron chi connectivity index (χ0n) is 18.4. The van der Waals surface area contributed by atoms with Crippen molar-refractivity contribution in [3.05, 3.63) is 58.1 Å². The van der Waals surface area contributed by atoms with E-state index in [0.717, 1.165) is 21.2 Å². The van der Waals surface area contributed by atoms with Gasteiger partial charge in [-0.3, -0.25) is 9.05 Å². The van der Waals surface area contributed by atoms with E-state index in [1.54, 1.807) is 18.2 Å². The van der Waals surface area contributed by atoms with Gasteiger partial charge in [-0.25, -0.2) is 4.57 Å². The van der Waals surface area contributed by atoms with E-state index >= 15 is 0 Å². The number of ether oxygens (including phenoxy) is 3. The van der Waals surface area contributed by atoms with Gasteiger partial charge in [-0.05, 0) is 41.0 Å². The third kappa shape index (κ3) is 4.48. The molecule has 1 unspecified atom stereocenters. The third-order valence-corrected chi connectivity index (χ3v) is 7.72. The van der Waals surface area contributed by atoms with Gasteiger partial charge in [-0.15, -0.1) is 6.58 Å². The molecule has 0 fully saturated rings. The number of hydrogen-bond acceptors (Lipinski definition) is 7. The predicted octanol–water partition coefficient (Wildman–Crippen LogP) is 4.98. The highest BCUT2D eigenvalue weighted by Gasteiger charge is 2.34. The van der Waals surface area contributed by atoms with Gasteiger partial charge in [-0.1, -0.05) is 22.0 Å². The highest BCUT2D eigenvalue weighted by Crippen LogP contribution is 2.50. The molecule has 0 saturated heterocycles. The maximum atomic E-state index is 12.9. The van der Waals surface area contributed by atoms with Gasteiger partial charge < -0.3 is 24.2 Å². The Morgan fingerprint density at radius 2 is 1.94 bits per heavy atom. The number of phenols is 1. The SMILES string of the molecule is C=CC1c2cc(OC)c(O)cc2C/C(=N/P(=O)(OC)OC)N1Cc1cc2c(cc1Br)OCO2. The van der Waals surface area contributed by atoms with Crippen LogP contribution in [0.25, 0.3) is 0 Å². The molecular formula is C22H24BrN2O7P. The van der Waals surface area contributed by atoms with Gasteiger partial charge in [0.1, 0.15) is 5.84 Å². The van der Waals surface area contributed by atoms with E-state index in [0.29, 0.717) is 29.6 Å². The van der Waals surface area contributed by atoms with Crippen LogP contribution in [0.4, 0.5) is 0 Å². The van der Waals surface area contributed by atoms with Crippen molar-refractivity contribution in [3.8, 4) is 23.0 Å². The second kappa shape index (κ2) is 9.38. The average Bonchev–Trinajstić information content (AvgIpc) is 3.26. The first-order valence-corrected chi connectivity index (χ1v) is 12.3. The van der Waals surface area contributed by atoms with E-state index < -0.39 is 7.75 Å². The largest absolute Gasteiger partial charge is 0.504 e. The second-order valence-corrected chi connectivity index (χ2v) is 10.1. The van der Waals surface area contributed by atoms with E-state index in [1.165, 1.54) is 21.3 Å². The van der Waals surface area contributed by atoms with Crippen LogP contribution >= 0.6 is 23.7 Å². The molecule has 0 aliphatic carbocycles. The highest BCUT2D eigenvalue weighted by molar-refractivity contribution is 9.10. The van der Waals surface area contributed by atoms with Gasteiger partial charge in [0.25, 0.3) is 0 Å². The Morgan fingerprint density at radius 1 is 1.24 bits per heavy atom. The van der Waals surface area contributed by atoms with Gasteiger partial charge >= 0.3 is 7.75 Å². The third-order valence-electron chi connectivity index (χ3n) is 5.58. The molecule has 2 heterocycles. The Bertz CT molecular complexity index is 1160. The molecule has 9 nitrogen and oxygen atoms in total. The van der Waals surface area contributed by atoms with Gasteiger partial charge in [0.05, 0.1) is 13.2 Å². The van der Waals surface area contributed by atoms with Crippen LogP contribution in [0.2, 0.25) is 0 Å². The van der Waals surface area contributed by atoms with Crippen molar-refractivity contribution in [2.75, 3.05) is 28.1 Å². The minimum atomic E-state index is -3.72. The van der Waals surface area contributed by atoms with Crippen LogP contribution in [-0.2, 0) is 26.6 Å². The lowest BCUT2D eigenvalue weighted by molar-refractivity contribution is 0.174. The topological polar surface area (TPSA) is 99.1 Å². The summed E-state index contributed by atoms with van der Waals surface area (Å²) in [6, 6.07) is 6.79. The van der Waals surface area contributed by atoms with Crippen LogP contribution < -0.4 is 14.2 Å². The maximum absolute atomic E-state index is 12.9. The number of amidine groups is 1. The molecule has 2 aliphatic rings. The molecule has 2 aromatic rings. The Morgan fingerprint density at radius 3 is 2.58 bits per heavy atom. The lowest BCUT2D eigenvalue weighted by Crippen LogP contribution is -2.39. The van der Waals surface area contributed by atoms with Crippen molar-refractivity contribution in [2.45, 2.75) is 19.0 Å². The van der Waals surface area contributed by atoms with E-state index in [9.17, 15) is 9.67 Å². The maximum Gasteiger partial charge on any atom is 0.454 e. The number of phenolic OH excluding ortho intramolecular Hbond substituents is 1. The Hall–Kier alpha value is -2.52. The van der Waals surface area contributed by atoms with Crippen molar-refractivity contribution >= 4 is 29.5 Å². The number of halogens is 1. The first kappa shape index (κ1) is 23.6. The number of hydrogen-bond donors (Lipinski definition) is 1. The molecule has 176 valence electrons. The molecule has 0 amide bonds. The van der Waals surface area contributed by atoms with Gasteiger partial charge in [0.15, 0.2) is 23.0 Å². The number of rotatable bonds is 7. The molecule has 0 radical (unpaired) electrons. The van der Waals surface area contributed by atoms with E-state index in [1.807, 2.05) is 17.0 Å². The number of nitrogens with zero attached hydrogens (tertiary/aromatic N) is 2. The quantitative estimate of drug-likeness (QED) is 0.389. The molecular weight excluding hydrogens is 515 g/mol. The Balaban J connectivity index is 1.84. The van der Waals surface area contributed by atoms with Gasteiger partial charge in [-0.2, -0.15) is 4.76 Å². The second-order valence-electron chi connectivity index (χ2n) is 7.35. The molecule has 33 heavy (non-hydrogen) atoms. The summed E-state index contributed by atoms with van der Waals surface area (Å²) in [5.41, 5.74) is 2.59. The monoisotopic (exact) mass is 538 g/mol. The molecule has 0 spiro atoms. The summed E-state index contributed by atoms with van der Waals surface area (Å²) in [4.78, 5) is 1.96. The molecule has 0 saturated carbocycles. The van der Waals surface area contributed by atoms with E-state index in [-0.39, 0.29) is 25.0 Å². The van der Waals surface area contributed by atoms with Crippen molar-refractivity contribution in [1.82, 2.24) is 4.90 Å². The summed E-state index contributed by atoms with van der Waals surface area (Å²) in [7, 11) is 0.337. The normalized spacial score (nSPS) is 18.4. The predicted molar refractivity (Wildman–Crippen MR) is 126 cm³/mol. The molecule has 0 aromatic heterocycles. The first-order chi connectivity index (χ1) is 15.8. The fraction of sp³-hybridized carbons (Fsp3) is 0.318. The number of methoxy groups -OCH3 is 1. The molecule has 0 bridgehead atoms. The molecule has 4 rings (SSSR count). The van der Waals surface area contributed by atoms with Crippen LogP contribution in [0.5, 0.6) is 23.0 Å². The smallest absolute Gasteiger partial charge is 0.454 e. The number of aromatic hydroxyl groups is 1. The highest BCUT2D eigenvalue weighted by atomic mass is 79.9. The van der Waals surface area contributed by atoms with Crippen LogP contribution in [0.1, 0.15) is 22.7 Å². The molecule has 1 N–H and O–H groups in total. The fourth-order valence-corrected chi connectivity index (χ4v) is 5.15. The average molecular weight is 539 g/mol. The standard InChI is InChI=1S/C22H24BrN2O7P/c1-5-17-15-9-19(28-2)18(26)6-13(15)8-22(24-33(27,29-3)30-4)25(17)11-14-7-20-21(10-16(14)23)32-12-31-20/h5-7,9-10,17,26H,1,8,11-12H2,2-4H3/b24-22-. The Labute approximate surface area is 200 Å². The summed E-state index contributed by atoms with van der Waals surface area (Å²) in [5.74, 6) is 2.13. The van der Waals surface area contributed by atoms with Gasteiger partial charge in [0.2, 0.25) is 6.79 Å². The number of benzene rings is 2. The van der Waals surface area contributed by atoms with Crippen molar-refractivity contribution in [2.24, 2.45) is 4.76 Å². The zero-order valence-corrected chi connectivity index (χ0v) is 20.9. The fourth-order valence-electron chi connectivity index (χ4n) is 3.92. The minimum absolute atomic E-state index is 0.00652. The van der Waals surface area contributed by atoms with Crippen LogP contribution in [0.15, 0.2) is 46.2 Å². The molecule has 2 aliphatic heterocycles. The summed E-state index contributed by atoms with van der Waals surface area (Å²) in [5, 5.41) is 10.3. The van der Waals surface area contributed by atoms with Crippen molar-refractivity contribution in [3.63, 3.8) is 0 Å². The summed E-state index contributed by atoms with van der Waals surface area (Å²) in [6.07, 6.45) is 2.05. The number of fused-ring (bicyclic) bond motifs is 2. The van der Waals surface area contributed by atoms with Crippen LogP contribution in [-0.4, -0.2) is 44.0 Å². The van der Waals surface area contributed by atoms with Crippen LogP contribution in [0, 0.1) is 0 Å². The van der Waals surface area contributed by atoms with Gasteiger partial charge in [0, 0.05) is 31.7 Å². The minimum Gasteiger partial charge on any atom is -0.504 e. The Kier molecular flexibility index (Phi) is 6.72. The van der Waals surface area contributed by atoms with E-state index in [4.69, 9.17) is 23.3 Å². The van der Waals surface area contributed by atoms with Crippen molar-refractivity contribution in [1.29, 1.82) is 0 Å². The molecule has 2 aromatic carbocycles. The van der Waals surface area contributed by atoms with Crippen molar-refractivity contribution < 1.29 is 32.9 Å². The summed E-state index contributed by atoms with van der Waals surface area (Å²) >= 11 is 3.61. The summed E-state index contributed by atoms with van der Waals surface area (Å²) < 4.78 is 44.6. The van der Waals surface area contributed by atoms with E-state index in [2.05, 4.69) is 27.3 Å². The lowest BCUT2D eigenvalue weighted by Gasteiger charge is -2.39. The molecule has 1 atom stereocenters. The lowest BCUT2D eigenvalue weighted by atomic mass is 9.90.